The second-order valence-electron chi connectivity index (χ2n) is 15.4. The van der Waals surface area contributed by atoms with Gasteiger partial charge in [0.2, 0.25) is 0 Å². The van der Waals surface area contributed by atoms with Gasteiger partial charge in [0.25, 0.3) is 0 Å². The van der Waals surface area contributed by atoms with Crippen LogP contribution in [0.2, 0.25) is 25.7 Å². The Labute approximate surface area is 292 Å². The van der Waals surface area contributed by atoms with Crippen molar-refractivity contribution in [1.29, 1.82) is 0 Å². The Morgan fingerprint density at radius 2 is 1.74 bits per heavy atom. The minimum Gasteiger partial charge on any atom is -0.493 e. The summed E-state index contributed by atoms with van der Waals surface area (Å²) in [4.78, 5) is 24.7. The van der Waals surface area contributed by atoms with Gasteiger partial charge in [-0.1, -0.05) is 19.6 Å². The van der Waals surface area contributed by atoms with Crippen LogP contribution in [0.15, 0.2) is 43.0 Å². The number of hydrogen-bond donors (Lipinski definition) is 0. The number of likely N-dealkylation sites (tertiary alicyclic amines) is 1. The summed E-state index contributed by atoms with van der Waals surface area (Å²) < 4.78 is 73.1. The van der Waals surface area contributed by atoms with Gasteiger partial charge in [-0.05, 0) is 82.2 Å². The SMILES string of the molecule is CC(C)(C)OC(=O)N1CCC2(CCCN(c3c(/C=C(\F)c4cncc(-c5ccnnc5)n4)ccc(OCC[Si](C)(C)C)c3C(F)(F)F)C2)CC1. The molecule has 0 atom stereocenters. The van der Waals surface area contributed by atoms with Crippen molar-refractivity contribution in [3.05, 3.63) is 59.8 Å². The Kier molecular flexibility index (Phi) is 10.9. The second-order valence-corrected chi connectivity index (χ2v) is 21.1. The van der Waals surface area contributed by atoms with Crippen molar-refractivity contribution in [1.82, 2.24) is 25.1 Å². The molecule has 0 bridgehead atoms. The fourth-order valence-corrected chi connectivity index (χ4v) is 7.19. The molecular weight excluding hydrogens is 669 g/mol. The first kappa shape index (κ1) is 37.2. The standard InChI is InChI=1S/C36H46F4N6O3Si/c1-34(2,3)49-33(47)45-16-12-35(13-17-45)11-7-15-46(24-35)32-25(8-9-30(31(32)36(38,39)40)48-18-19-50(4,5)6)20-27(37)29-23-41-22-28(44-29)26-10-14-42-43-21-26/h8-10,14,20-23H,7,11-13,15-19,24H2,1-6H3/b27-20-. The van der Waals surface area contributed by atoms with Crippen molar-refractivity contribution < 1.29 is 31.8 Å². The van der Waals surface area contributed by atoms with Gasteiger partial charge in [-0.15, -0.1) is 0 Å². The summed E-state index contributed by atoms with van der Waals surface area (Å²) in [6, 6.07) is 5.12. The number of carbonyl (C=O) groups is 1. The van der Waals surface area contributed by atoms with E-state index in [4.69, 9.17) is 9.47 Å². The van der Waals surface area contributed by atoms with E-state index in [1.807, 2.05) is 20.8 Å². The molecule has 0 radical (unpaired) electrons. The Morgan fingerprint density at radius 1 is 1.00 bits per heavy atom. The molecule has 14 heteroatoms. The predicted octanol–water partition coefficient (Wildman–Crippen LogP) is 8.75. The highest BCUT2D eigenvalue weighted by molar-refractivity contribution is 6.76. The van der Waals surface area contributed by atoms with E-state index in [0.29, 0.717) is 62.7 Å². The molecule has 5 rings (SSSR count). The third kappa shape index (κ3) is 9.37. The van der Waals surface area contributed by atoms with Crippen LogP contribution in [0.4, 0.5) is 28.0 Å². The minimum atomic E-state index is -4.79. The third-order valence-corrected chi connectivity index (χ3v) is 10.8. The Morgan fingerprint density at radius 3 is 2.38 bits per heavy atom. The lowest BCUT2D eigenvalue weighted by atomic mass is 9.72. The fourth-order valence-electron chi connectivity index (χ4n) is 6.48. The summed E-state index contributed by atoms with van der Waals surface area (Å²) in [6.45, 7) is 13.5. The van der Waals surface area contributed by atoms with Crippen molar-refractivity contribution in [2.75, 3.05) is 37.7 Å². The molecular formula is C36H46F4N6O3Si. The number of ether oxygens (including phenoxy) is 2. The molecule has 0 unspecified atom stereocenters. The molecule has 2 saturated heterocycles. The molecule has 3 aromatic rings. The largest absolute Gasteiger partial charge is 0.493 e. The molecule has 2 aliphatic rings. The first-order chi connectivity index (χ1) is 23.4. The molecule has 1 amide bonds. The van der Waals surface area contributed by atoms with E-state index >= 15 is 17.6 Å². The number of rotatable bonds is 8. The summed E-state index contributed by atoms with van der Waals surface area (Å²) in [5, 5.41) is 7.58. The first-order valence-corrected chi connectivity index (χ1v) is 20.7. The molecule has 2 aliphatic heterocycles. The second kappa shape index (κ2) is 14.6. The Bertz CT molecular complexity index is 1680. The summed E-state index contributed by atoms with van der Waals surface area (Å²) in [5.41, 5.74) is -1.14. The van der Waals surface area contributed by atoms with Gasteiger partial charge in [-0.3, -0.25) is 4.98 Å². The van der Waals surface area contributed by atoms with Crippen LogP contribution in [0, 0.1) is 5.41 Å². The highest BCUT2D eigenvalue weighted by Crippen LogP contribution is 2.49. The van der Waals surface area contributed by atoms with E-state index in [2.05, 4.69) is 39.8 Å². The molecule has 2 fully saturated rings. The van der Waals surface area contributed by atoms with Crippen molar-refractivity contribution in [2.45, 2.75) is 83.9 Å². The average molecular weight is 715 g/mol. The molecule has 4 heterocycles. The lowest BCUT2D eigenvalue weighted by molar-refractivity contribution is -0.138. The Balaban J connectivity index is 1.53. The van der Waals surface area contributed by atoms with Crippen LogP contribution in [-0.2, 0) is 10.9 Å². The summed E-state index contributed by atoms with van der Waals surface area (Å²) in [7, 11) is -1.61. The summed E-state index contributed by atoms with van der Waals surface area (Å²) in [5.74, 6) is -1.10. The van der Waals surface area contributed by atoms with Gasteiger partial charge in [0.05, 0.1) is 42.8 Å². The number of piperidine rings is 2. The molecule has 0 N–H and O–H groups in total. The number of benzene rings is 1. The van der Waals surface area contributed by atoms with Gasteiger partial charge in [-0.25, -0.2) is 14.2 Å². The van der Waals surface area contributed by atoms with Crippen molar-refractivity contribution in [2.24, 2.45) is 5.41 Å². The normalized spacial score (nSPS) is 17.2. The monoisotopic (exact) mass is 714 g/mol. The van der Waals surface area contributed by atoms with Gasteiger partial charge < -0.3 is 19.3 Å². The molecule has 1 spiro atoms. The van der Waals surface area contributed by atoms with Crippen LogP contribution < -0.4 is 9.64 Å². The number of nitrogens with zero attached hydrogens (tertiary/aromatic N) is 6. The maximum absolute atomic E-state index is 16.1. The molecule has 270 valence electrons. The predicted molar refractivity (Wildman–Crippen MR) is 188 cm³/mol. The zero-order chi connectivity index (χ0) is 36.3. The van der Waals surface area contributed by atoms with E-state index in [0.717, 1.165) is 12.5 Å². The number of hydrogen-bond acceptors (Lipinski definition) is 8. The van der Waals surface area contributed by atoms with E-state index in [1.165, 1.54) is 36.9 Å². The van der Waals surface area contributed by atoms with Gasteiger partial charge in [-0.2, -0.15) is 23.4 Å². The van der Waals surface area contributed by atoms with Crippen LogP contribution in [0.3, 0.4) is 0 Å². The maximum Gasteiger partial charge on any atom is 0.421 e. The first-order valence-electron chi connectivity index (χ1n) is 17.0. The smallest absolute Gasteiger partial charge is 0.421 e. The zero-order valence-corrected chi connectivity index (χ0v) is 30.6. The summed E-state index contributed by atoms with van der Waals surface area (Å²) >= 11 is 0. The Hall–Kier alpha value is -4.07. The number of halogens is 4. The van der Waals surface area contributed by atoms with Gasteiger partial charge >= 0.3 is 12.3 Å². The van der Waals surface area contributed by atoms with E-state index in [9.17, 15) is 4.79 Å². The van der Waals surface area contributed by atoms with Crippen LogP contribution in [0.25, 0.3) is 23.2 Å². The lowest BCUT2D eigenvalue weighted by Gasteiger charge is -2.49. The molecule has 9 nitrogen and oxygen atoms in total. The van der Waals surface area contributed by atoms with Crippen molar-refractivity contribution in [3.63, 3.8) is 0 Å². The van der Waals surface area contributed by atoms with E-state index in [-0.39, 0.29) is 34.7 Å². The van der Waals surface area contributed by atoms with Crippen molar-refractivity contribution >= 4 is 31.8 Å². The van der Waals surface area contributed by atoms with Crippen LogP contribution in [0.5, 0.6) is 5.75 Å². The van der Waals surface area contributed by atoms with E-state index < -0.39 is 37.3 Å². The van der Waals surface area contributed by atoms with Crippen LogP contribution in [-0.4, -0.2) is 77.6 Å². The van der Waals surface area contributed by atoms with Crippen molar-refractivity contribution in [3.8, 4) is 17.0 Å². The highest BCUT2D eigenvalue weighted by atomic mass is 28.3. The number of anilines is 1. The molecule has 1 aromatic carbocycles. The zero-order valence-electron chi connectivity index (χ0n) is 29.6. The third-order valence-electron chi connectivity index (χ3n) is 9.06. The van der Waals surface area contributed by atoms with Gasteiger partial charge in [0.15, 0.2) is 5.83 Å². The van der Waals surface area contributed by atoms with Crippen LogP contribution >= 0.6 is 0 Å². The number of carbonyl (C=O) groups excluding carboxylic acids is 1. The fraction of sp³-hybridized carbons (Fsp3) is 0.528. The quantitative estimate of drug-likeness (QED) is 0.169. The molecule has 50 heavy (non-hydrogen) atoms. The van der Waals surface area contributed by atoms with Gasteiger partial charge in [0, 0.05) is 45.4 Å². The highest BCUT2D eigenvalue weighted by Gasteiger charge is 2.45. The van der Waals surface area contributed by atoms with Crippen LogP contribution in [0.1, 0.15) is 63.3 Å². The van der Waals surface area contributed by atoms with E-state index in [1.54, 1.807) is 15.9 Å². The summed E-state index contributed by atoms with van der Waals surface area (Å²) in [6.07, 6.45) is 4.22. The topological polar surface area (TPSA) is 93.6 Å². The van der Waals surface area contributed by atoms with Gasteiger partial charge in [0.1, 0.15) is 22.6 Å². The molecule has 0 saturated carbocycles. The molecule has 0 aliphatic carbocycles. The minimum absolute atomic E-state index is 0.0633. The number of alkyl halides is 3. The number of amides is 1. The molecule has 2 aromatic heterocycles. The lowest BCUT2D eigenvalue weighted by Crippen LogP contribution is -2.51. The number of aromatic nitrogens is 4. The average Bonchev–Trinajstić information content (AvgIpc) is 3.04. The maximum atomic E-state index is 16.1.